The molecule has 4 aliphatic rings. The Labute approximate surface area is 242 Å². The van der Waals surface area contributed by atoms with Gasteiger partial charge in [0.2, 0.25) is 18.0 Å². The van der Waals surface area contributed by atoms with Crippen LogP contribution in [0.5, 0.6) is 5.75 Å². The fraction of sp³-hybridized carbons (Fsp3) is 0.345. The SMILES string of the molecule is COC(=O)OCOc1c2n(ccc1=O)N([C@H]1c3ccccc3SCc3c1ccc(F)c3F)[C@@H]1COC3(CC3)CN1C2=O. The minimum atomic E-state index is -1.02. The Bertz CT molecular complexity index is 1680. The maximum atomic E-state index is 15.4. The average Bonchev–Trinajstić information content (AvgIpc) is 3.78. The van der Waals surface area contributed by atoms with Crippen LogP contribution >= 0.6 is 11.8 Å². The standard InChI is InChI=1S/C29H25F2N3O7S/c1-38-28(37)40-15-39-26-20(35)8-11-33-25(26)27(36)32-14-29(9-10-29)41-12-22(32)34(33)24-16-6-7-19(30)23(31)18(16)13-42-21-5-3-2-4-17(21)24/h2-8,11,22,24H,9-10,12-15H2,1H3/t22-,24-/m1/s1. The maximum absolute atomic E-state index is 15.4. The molecule has 1 saturated heterocycles. The topological polar surface area (TPSA) is 99.5 Å². The van der Waals surface area contributed by atoms with E-state index in [1.807, 2.05) is 29.3 Å². The molecule has 4 heterocycles. The van der Waals surface area contributed by atoms with Gasteiger partial charge in [0.25, 0.3) is 5.91 Å². The summed E-state index contributed by atoms with van der Waals surface area (Å²) < 4.78 is 52.6. The molecule has 42 heavy (non-hydrogen) atoms. The van der Waals surface area contributed by atoms with Crippen LogP contribution in [0.1, 0.15) is 46.1 Å². The number of halogens is 2. The lowest BCUT2D eigenvalue weighted by molar-refractivity contribution is -0.0792. The van der Waals surface area contributed by atoms with Gasteiger partial charge in [-0.15, -0.1) is 11.8 Å². The molecule has 218 valence electrons. The van der Waals surface area contributed by atoms with Crippen molar-refractivity contribution >= 4 is 23.8 Å². The number of ether oxygens (including phenoxy) is 4. The number of pyridine rings is 1. The van der Waals surface area contributed by atoms with E-state index in [0.29, 0.717) is 5.56 Å². The lowest BCUT2D eigenvalue weighted by Crippen LogP contribution is -2.68. The number of carbonyl (C=O) groups excluding carboxylic acids is 2. The number of nitrogens with zero attached hydrogens (tertiary/aromatic N) is 3. The van der Waals surface area contributed by atoms with Crippen LogP contribution in [-0.4, -0.2) is 60.5 Å². The summed E-state index contributed by atoms with van der Waals surface area (Å²) in [7, 11) is 1.13. The Morgan fingerprint density at radius 1 is 1.12 bits per heavy atom. The second kappa shape index (κ2) is 10.0. The average molecular weight is 598 g/mol. The van der Waals surface area contributed by atoms with E-state index in [2.05, 4.69) is 4.74 Å². The Kier molecular flexibility index (Phi) is 6.39. The largest absolute Gasteiger partial charge is 0.510 e. The predicted octanol–water partition coefficient (Wildman–Crippen LogP) is 3.92. The molecular weight excluding hydrogens is 572 g/mol. The van der Waals surface area contributed by atoms with Gasteiger partial charge in [0, 0.05) is 28.5 Å². The number of fused-ring (bicyclic) bond motifs is 4. The summed E-state index contributed by atoms with van der Waals surface area (Å²) in [6.45, 7) is -0.232. The monoisotopic (exact) mass is 597 g/mol. The number of thioether (sulfide) groups is 1. The first-order valence-electron chi connectivity index (χ1n) is 13.3. The molecule has 10 nitrogen and oxygen atoms in total. The Hall–Kier alpha value is -4.10. The summed E-state index contributed by atoms with van der Waals surface area (Å²) in [5.74, 6) is -2.45. The van der Waals surface area contributed by atoms with Gasteiger partial charge in [-0.3, -0.25) is 19.3 Å². The molecule has 1 amide bonds. The molecule has 2 fully saturated rings. The zero-order valence-corrected chi connectivity index (χ0v) is 23.2. The lowest BCUT2D eigenvalue weighted by atomic mass is 9.93. The Morgan fingerprint density at radius 2 is 1.93 bits per heavy atom. The molecule has 0 unspecified atom stereocenters. The van der Waals surface area contributed by atoms with E-state index in [0.717, 1.165) is 36.5 Å². The molecular formula is C29H25F2N3O7S. The molecule has 3 aromatic rings. The van der Waals surface area contributed by atoms with Gasteiger partial charge in [0.15, 0.2) is 17.3 Å². The minimum absolute atomic E-state index is 0.0802. The van der Waals surface area contributed by atoms with Crippen molar-refractivity contribution in [1.82, 2.24) is 9.58 Å². The van der Waals surface area contributed by atoms with Crippen molar-refractivity contribution in [3.63, 3.8) is 0 Å². The first kappa shape index (κ1) is 26.8. The number of morpholine rings is 1. The summed E-state index contributed by atoms with van der Waals surface area (Å²) >= 11 is 1.40. The van der Waals surface area contributed by atoms with Crippen LogP contribution in [0.4, 0.5) is 13.6 Å². The van der Waals surface area contributed by atoms with Crippen LogP contribution in [0, 0.1) is 11.6 Å². The number of hydrogen-bond acceptors (Lipinski definition) is 9. The predicted molar refractivity (Wildman–Crippen MR) is 145 cm³/mol. The number of carbonyl (C=O) groups is 2. The van der Waals surface area contributed by atoms with E-state index in [4.69, 9.17) is 14.2 Å². The van der Waals surface area contributed by atoms with Gasteiger partial charge in [-0.25, -0.2) is 13.6 Å². The highest BCUT2D eigenvalue weighted by atomic mass is 32.2. The van der Waals surface area contributed by atoms with Crippen molar-refractivity contribution < 1.29 is 37.3 Å². The third kappa shape index (κ3) is 4.21. The normalized spacial score (nSPS) is 21.5. The van der Waals surface area contributed by atoms with Gasteiger partial charge in [0.1, 0.15) is 6.17 Å². The molecule has 13 heteroatoms. The van der Waals surface area contributed by atoms with Crippen LogP contribution in [0.15, 0.2) is 58.4 Å². The molecule has 0 bridgehead atoms. The Balaban J connectivity index is 1.44. The van der Waals surface area contributed by atoms with Gasteiger partial charge in [-0.1, -0.05) is 24.3 Å². The molecule has 0 N–H and O–H groups in total. The van der Waals surface area contributed by atoms with Crippen molar-refractivity contribution in [3.05, 3.63) is 92.9 Å². The zero-order valence-electron chi connectivity index (χ0n) is 22.4. The number of benzene rings is 2. The highest BCUT2D eigenvalue weighted by Crippen LogP contribution is 2.48. The van der Waals surface area contributed by atoms with Gasteiger partial charge < -0.3 is 23.8 Å². The molecule has 2 aromatic carbocycles. The van der Waals surface area contributed by atoms with Crippen molar-refractivity contribution in [2.45, 2.75) is 41.3 Å². The van der Waals surface area contributed by atoms with E-state index < -0.39 is 53.7 Å². The Morgan fingerprint density at radius 3 is 2.71 bits per heavy atom. The zero-order chi connectivity index (χ0) is 29.2. The number of aromatic nitrogens is 1. The van der Waals surface area contributed by atoms with E-state index in [9.17, 15) is 18.8 Å². The molecule has 3 aliphatic heterocycles. The maximum Gasteiger partial charge on any atom is 0.510 e. The smallest absolute Gasteiger partial charge is 0.451 e. The van der Waals surface area contributed by atoms with Gasteiger partial charge >= 0.3 is 6.16 Å². The number of hydrogen-bond donors (Lipinski definition) is 0. The third-order valence-electron chi connectivity index (χ3n) is 8.14. The fourth-order valence-electron chi connectivity index (χ4n) is 5.93. The quantitative estimate of drug-likeness (QED) is 0.327. The fourth-order valence-corrected chi connectivity index (χ4v) is 7.04. The summed E-state index contributed by atoms with van der Waals surface area (Å²) in [6.07, 6.45) is 1.37. The summed E-state index contributed by atoms with van der Waals surface area (Å²) in [5.41, 5.74) is 0.409. The van der Waals surface area contributed by atoms with Crippen LogP contribution in [0.25, 0.3) is 0 Å². The van der Waals surface area contributed by atoms with Crippen LogP contribution < -0.4 is 15.2 Å². The first-order valence-corrected chi connectivity index (χ1v) is 14.3. The van der Waals surface area contributed by atoms with Gasteiger partial charge in [-0.2, -0.15) is 0 Å². The number of rotatable bonds is 4. The van der Waals surface area contributed by atoms with E-state index >= 15 is 4.39 Å². The highest BCUT2D eigenvalue weighted by molar-refractivity contribution is 7.98. The molecule has 1 aliphatic carbocycles. The minimum Gasteiger partial charge on any atom is -0.451 e. The van der Waals surface area contributed by atoms with Crippen molar-refractivity contribution in [1.29, 1.82) is 0 Å². The molecule has 1 aromatic heterocycles. The molecule has 1 saturated carbocycles. The summed E-state index contributed by atoms with van der Waals surface area (Å²) in [6, 6.07) is 10.8. The van der Waals surface area contributed by atoms with Gasteiger partial charge in [-0.05, 0) is 36.1 Å². The lowest BCUT2D eigenvalue weighted by Gasteiger charge is -2.53. The van der Waals surface area contributed by atoms with Crippen molar-refractivity contribution in [2.24, 2.45) is 0 Å². The second-order valence-corrected chi connectivity index (χ2v) is 11.5. The summed E-state index contributed by atoms with van der Waals surface area (Å²) in [4.78, 5) is 41.3. The molecule has 7 rings (SSSR count). The van der Waals surface area contributed by atoms with Crippen LogP contribution in [0.2, 0.25) is 0 Å². The molecule has 1 spiro atoms. The van der Waals surface area contributed by atoms with Crippen molar-refractivity contribution in [3.8, 4) is 5.75 Å². The summed E-state index contributed by atoms with van der Waals surface area (Å²) in [5, 5.41) is 1.86. The highest BCUT2D eigenvalue weighted by Gasteiger charge is 2.56. The van der Waals surface area contributed by atoms with Crippen LogP contribution in [-0.2, 0) is 20.0 Å². The molecule has 0 radical (unpaired) electrons. The van der Waals surface area contributed by atoms with E-state index in [1.165, 1.54) is 28.7 Å². The third-order valence-corrected chi connectivity index (χ3v) is 9.26. The molecule has 2 atom stereocenters. The second-order valence-electron chi connectivity index (χ2n) is 10.5. The number of amides is 1. The van der Waals surface area contributed by atoms with E-state index in [-0.39, 0.29) is 35.9 Å². The first-order chi connectivity index (χ1) is 20.3. The van der Waals surface area contributed by atoms with Crippen molar-refractivity contribution in [2.75, 3.05) is 32.1 Å². The number of methoxy groups -OCH3 is 1. The van der Waals surface area contributed by atoms with Gasteiger partial charge in [0.05, 0.1) is 31.9 Å². The van der Waals surface area contributed by atoms with E-state index in [1.54, 1.807) is 11.0 Å². The van der Waals surface area contributed by atoms with Crippen LogP contribution in [0.3, 0.4) is 0 Å².